The van der Waals surface area contributed by atoms with Crippen LogP contribution in [0.1, 0.15) is 24.0 Å². The van der Waals surface area contributed by atoms with Crippen molar-refractivity contribution in [2.24, 2.45) is 0 Å². The predicted molar refractivity (Wildman–Crippen MR) is 60.4 cm³/mol. The van der Waals surface area contributed by atoms with Crippen molar-refractivity contribution in [2.45, 2.75) is 32.8 Å². The Labute approximate surface area is 91.2 Å². The third-order valence-electron chi connectivity index (χ3n) is 2.85. The van der Waals surface area contributed by atoms with Gasteiger partial charge in [-0.2, -0.15) is 0 Å². The predicted octanol–water partition coefficient (Wildman–Crippen LogP) is 2.86. The van der Waals surface area contributed by atoms with Gasteiger partial charge in [-0.3, -0.25) is 0 Å². The molecule has 15 heavy (non-hydrogen) atoms. The summed E-state index contributed by atoms with van der Waals surface area (Å²) in [5, 5.41) is 0. The number of para-hydroxylation sites is 1. The van der Waals surface area contributed by atoms with Gasteiger partial charge >= 0.3 is 0 Å². The molecule has 1 heterocycles. The van der Waals surface area contributed by atoms with Crippen molar-refractivity contribution in [3.63, 3.8) is 0 Å². The van der Waals surface area contributed by atoms with E-state index >= 15 is 0 Å². The lowest BCUT2D eigenvalue weighted by atomic mass is 10.1. The van der Waals surface area contributed by atoms with E-state index in [-0.39, 0.29) is 0 Å². The average molecular weight is 206 g/mol. The van der Waals surface area contributed by atoms with E-state index < -0.39 is 0 Å². The molecule has 0 aromatic heterocycles. The van der Waals surface area contributed by atoms with Crippen molar-refractivity contribution in [1.29, 1.82) is 0 Å². The summed E-state index contributed by atoms with van der Waals surface area (Å²) in [6, 6.07) is 6.22. The average Bonchev–Trinajstić information content (AvgIpc) is 2.70. The molecule has 2 rings (SSSR count). The van der Waals surface area contributed by atoms with E-state index in [1.165, 1.54) is 17.5 Å². The third kappa shape index (κ3) is 2.51. The van der Waals surface area contributed by atoms with Crippen LogP contribution in [0.15, 0.2) is 18.2 Å². The van der Waals surface area contributed by atoms with Gasteiger partial charge in [0.2, 0.25) is 0 Å². The second-order valence-corrected chi connectivity index (χ2v) is 4.17. The van der Waals surface area contributed by atoms with Crippen LogP contribution in [0.5, 0.6) is 5.75 Å². The van der Waals surface area contributed by atoms with Gasteiger partial charge in [-0.1, -0.05) is 18.2 Å². The Morgan fingerprint density at radius 3 is 2.67 bits per heavy atom. The van der Waals surface area contributed by atoms with Gasteiger partial charge in [0, 0.05) is 6.61 Å². The number of aryl methyl sites for hydroxylation is 2. The summed E-state index contributed by atoms with van der Waals surface area (Å²) in [4.78, 5) is 0. The Kier molecular flexibility index (Phi) is 3.27. The summed E-state index contributed by atoms with van der Waals surface area (Å²) in [5.74, 6) is 1.02. The normalized spacial score (nSPS) is 20.5. The number of rotatable bonds is 3. The molecule has 82 valence electrons. The summed E-state index contributed by atoms with van der Waals surface area (Å²) in [7, 11) is 0. The van der Waals surface area contributed by atoms with E-state index in [1.54, 1.807) is 0 Å². The highest BCUT2D eigenvalue weighted by Crippen LogP contribution is 2.23. The van der Waals surface area contributed by atoms with E-state index in [2.05, 4.69) is 32.0 Å². The number of ether oxygens (including phenoxy) is 2. The molecule has 1 aromatic rings. The Bertz CT molecular complexity index is 307. The molecule has 2 heteroatoms. The lowest BCUT2D eigenvalue weighted by Crippen LogP contribution is -2.17. The minimum Gasteiger partial charge on any atom is -0.490 e. The van der Waals surface area contributed by atoms with Gasteiger partial charge in [-0.25, -0.2) is 0 Å². The topological polar surface area (TPSA) is 18.5 Å². The second-order valence-electron chi connectivity index (χ2n) is 4.17. The molecule has 1 aliphatic heterocycles. The maximum atomic E-state index is 5.83. The van der Waals surface area contributed by atoms with Crippen molar-refractivity contribution in [2.75, 3.05) is 13.2 Å². The minimum atomic E-state index is 0.295. The molecule has 0 spiro atoms. The molecule has 1 aliphatic rings. The minimum absolute atomic E-state index is 0.295. The van der Waals surface area contributed by atoms with Gasteiger partial charge in [0.15, 0.2) is 0 Å². The Morgan fingerprint density at radius 1 is 1.33 bits per heavy atom. The molecule has 0 aliphatic carbocycles. The first kappa shape index (κ1) is 10.5. The van der Waals surface area contributed by atoms with Crippen LogP contribution in [0, 0.1) is 13.8 Å². The lowest BCUT2D eigenvalue weighted by Gasteiger charge is -2.15. The van der Waals surface area contributed by atoms with Gasteiger partial charge in [-0.05, 0) is 37.8 Å². The highest BCUT2D eigenvalue weighted by Gasteiger charge is 2.16. The molecule has 1 atom stereocenters. The summed E-state index contributed by atoms with van der Waals surface area (Å²) in [5.41, 5.74) is 2.40. The maximum absolute atomic E-state index is 5.83. The molecule has 1 saturated heterocycles. The van der Waals surface area contributed by atoms with Gasteiger partial charge in [0.05, 0.1) is 6.10 Å². The zero-order valence-electron chi connectivity index (χ0n) is 9.45. The second kappa shape index (κ2) is 4.67. The van der Waals surface area contributed by atoms with Crippen LogP contribution in [0.3, 0.4) is 0 Å². The molecule has 0 amide bonds. The van der Waals surface area contributed by atoms with Crippen LogP contribution in [0.25, 0.3) is 0 Å². The van der Waals surface area contributed by atoms with Crippen LogP contribution < -0.4 is 4.74 Å². The quantitative estimate of drug-likeness (QED) is 0.757. The number of hydrogen-bond acceptors (Lipinski definition) is 2. The van der Waals surface area contributed by atoms with E-state index in [1.807, 2.05) is 0 Å². The van der Waals surface area contributed by atoms with Crippen molar-refractivity contribution in [3.05, 3.63) is 29.3 Å². The lowest BCUT2D eigenvalue weighted by molar-refractivity contribution is 0.0675. The summed E-state index contributed by atoms with van der Waals surface area (Å²) >= 11 is 0. The largest absolute Gasteiger partial charge is 0.490 e. The first-order chi connectivity index (χ1) is 7.27. The monoisotopic (exact) mass is 206 g/mol. The van der Waals surface area contributed by atoms with E-state index in [0.717, 1.165) is 18.8 Å². The molecule has 2 nitrogen and oxygen atoms in total. The maximum Gasteiger partial charge on any atom is 0.125 e. The molecule has 0 N–H and O–H groups in total. The third-order valence-corrected chi connectivity index (χ3v) is 2.85. The Hall–Kier alpha value is -1.02. The fourth-order valence-electron chi connectivity index (χ4n) is 1.98. The SMILES string of the molecule is Cc1cccc(C)c1OCC1CCCO1. The first-order valence-corrected chi connectivity index (χ1v) is 5.58. The van der Waals surface area contributed by atoms with Gasteiger partial charge in [-0.15, -0.1) is 0 Å². The Morgan fingerprint density at radius 2 is 2.07 bits per heavy atom. The highest BCUT2D eigenvalue weighted by atomic mass is 16.5. The van der Waals surface area contributed by atoms with Gasteiger partial charge in [0.1, 0.15) is 12.4 Å². The zero-order chi connectivity index (χ0) is 10.7. The Balaban J connectivity index is 1.97. The molecule has 1 unspecified atom stereocenters. The van der Waals surface area contributed by atoms with Crippen LogP contribution in [-0.2, 0) is 4.74 Å². The van der Waals surface area contributed by atoms with Crippen molar-refractivity contribution in [1.82, 2.24) is 0 Å². The summed E-state index contributed by atoms with van der Waals surface area (Å²) in [6.07, 6.45) is 2.59. The van der Waals surface area contributed by atoms with Crippen molar-refractivity contribution < 1.29 is 9.47 Å². The first-order valence-electron chi connectivity index (χ1n) is 5.58. The molecule has 0 bridgehead atoms. The van der Waals surface area contributed by atoms with Crippen LogP contribution in [0.2, 0.25) is 0 Å². The van der Waals surface area contributed by atoms with E-state index in [0.29, 0.717) is 12.7 Å². The fourth-order valence-corrected chi connectivity index (χ4v) is 1.98. The molecule has 0 saturated carbocycles. The van der Waals surface area contributed by atoms with Crippen LogP contribution in [0.4, 0.5) is 0 Å². The number of benzene rings is 1. The molecule has 1 aromatic carbocycles. The fraction of sp³-hybridized carbons (Fsp3) is 0.538. The summed E-state index contributed by atoms with van der Waals surface area (Å²) < 4.78 is 11.4. The molecular weight excluding hydrogens is 188 g/mol. The van der Waals surface area contributed by atoms with Gasteiger partial charge < -0.3 is 9.47 Å². The van der Waals surface area contributed by atoms with Crippen LogP contribution in [-0.4, -0.2) is 19.3 Å². The zero-order valence-corrected chi connectivity index (χ0v) is 9.45. The molecule has 1 fully saturated rings. The van der Waals surface area contributed by atoms with Crippen molar-refractivity contribution in [3.8, 4) is 5.75 Å². The smallest absolute Gasteiger partial charge is 0.125 e. The van der Waals surface area contributed by atoms with Crippen molar-refractivity contribution >= 4 is 0 Å². The highest BCUT2D eigenvalue weighted by molar-refractivity contribution is 5.39. The van der Waals surface area contributed by atoms with Crippen LogP contribution >= 0.6 is 0 Å². The number of hydrogen-bond donors (Lipinski definition) is 0. The van der Waals surface area contributed by atoms with E-state index in [4.69, 9.17) is 9.47 Å². The molecule has 0 radical (unpaired) electrons. The molecular formula is C13H18O2. The van der Waals surface area contributed by atoms with Gasteiger partial charge in [0.25, 0.3) is 0 Å². The summed E-state index contributed by atoms with van der Waals surface area (Å²) in [6.45, 7) is 5.74. The standard InChI is InChI=1S/C13H18O2/c1-10-5-3-6-11(2)13(10)15-9-12-7-4-8-14-12/h3,5-6,12H,4,7-9H2,1-2H3. The van der Waals surface area contributed by atoms with E-state index in [9.17, 15) is 0 Å².